The zero-order valence-electron chi connectivity index (χ0n) is 22.5. The van der Waals surface area contributed by atoms with E-state index in [9.17, 15) is 24.3 Å². The molecule has 0 atom stereocenters. The fraction of sp³-hybridized carbons (Fsp3) is 0.419. The number of carbonyl (C=O) groups excluding carboxylic acids is 2. The molecule has 0 bridgehead atoms. The number of amides is 2. The van der Waals surface area contributed by atoms with E-state index < -0.39 is 41.1 Å². The van der Waals surface area contributed by atoms with Gasteiger partial charge in [0.2, 0.25) is 11.7 Å². The number of carbonyl (C=O) groups is 2. The summed E-state index contributed by atoms with van der Waals surface area (Å²) in [5, 5.41) is 16.2. The van der Waals surface area contributed by atoms with Crippen molar-refractivity contribution in [2.75, 3.05) is 0 Å². The third kappa shape index (κ3) is 6.35. The first-order chi connectivity index (χ1) is 19.4. The highest BCUT2D eigenvalue weighted by Crippen LogP contribution is 2.33. The van der Waals surface area contributed by atoms with Crippen molar-refractivity contribution < 1.29 is 14.7 Å². The molecule has 2 amide bonds. The molecule has 1 heterocycles. The summed E-state index contributed by atoms with van der Waals surface area (Å²) in [5.74, 6) is -1.18. The van der Waals surface area contributed by atoms with Crippen LogP contribution in [-0.2, 0) is 11.3 Å². The molecule has 9 heteroatoms. The number of hydrogen-bond acceptors (Lipinski definition) is 5. The van der Waals surface area contributed by atoms with E-state index in [-0.39, 0.29) is 12.1 Å². The van der Waals surface area contributed by atoms with Gasteiger partial charge in [-0.25, -0.2) is 9.36 Å². The first-order valence-corrected chi connectivity index (χ1v) is 14.1. The molecule has 2 fully saturated rings. The fourth-order valence-electron chi connectivity index (χ4n) is 6.14. The number of hydrogen-bond donors (Lipinski definition) is 4. The van der Waals surface area contributed by atoms with Gasteiger partial charge in [-0.15, -0.1) is 0 Å². The average molecular weight is 545 g/mol. The molecular weight excluding hydrogens is 508 g/mol. The Balaban J connectivity index is 1.15. The highest BCUT2D eigenvalue weighted by Gasteiger charge is 2.27. The third-order valence-electron chi connectivity index (χ3n) is 8.39. The van der Waals surface area contributed by atoms with Gasteiger partial charge in [0.05, 0.1) is 0 Å². The van der Waals surface area contributed by atoms with Crippen molar-refractivity contribution in [3.05, 3.63) is 98.3 Å². The molecule has 2 aliphatic rings. The van der Waals surface area contributed by atoms with Crippen LogP contribution >= 0.6 is 0 Å². The Morgan fingerprint density at radius 1 is 0.750 bits per heavy atom. The SMILES string of the molecule is O=C(Cn1c(=O)[nH]c(C(=O)NC2CCC(c3ccccc3)CC2)c(O)c1=O)NC1CCC(c2ccccc2)CC1. The van der Waals surface area contributed by atoms with E-state index in [0.717, 1.165) is 51.4 Å². The Labute approximate surface area is 232 Å². The van der Waals surface area contributed by atoms with Gasteiger partial charge < -0.3 is 15.7 Å². The van der Waals surface area contributed by atoms with Crippen molar-refractivity contribution in [3.63, 3.8) is 0 Å². The van der Waals surface area contributed by atoms with Crippen LogP contribution in [0.1, 0.15) is 84.8 Å². The van der Waals surface area contributed by atoms with Crippen LogP contribution in [0.5, 0.6) is 5.75 Å². The minimum atomic E-state index is -1.07. The van der Waals surface area contributed by atoms with E-state index in [1.165, 1.54) is 11.1 Å². The Kier molecular flexibility index (Phi) is 8.48. The van der Waals surface area contributed by atoms with Gasteiger partial charge in [-0.05, 0) is 74.3 Å². The molecule has 0 saturated heterocycles. The summed E-state index contributed by atoms with van der Waals surface area (Å²) in [7, 11) is 0. The number of aromatic nitrogens is 2. The number of nitrogens with one attached hydrogen (secondary N) is 3. The van der Waals surface area contributed by atoms with Gasteiger partial charge in [0.25, 0.3) is 11.5 Å². The number of aromatic hydroxyl groups is 1. The molecule has 0 radical (unpaired) electrons. The van der Waals surface area contributed by atoms with E-state index in [0.29, 0.717) is 16.4 Å². The van der Waals surface area contributed by atoms with Crippen LogP contribution in [0.15, 0.2) is 70.3 Å². The minimum Gasteiger partial charge on any atom is -0.501 e. The highest BCUT2D eigenvalue weighted by atomic mass is 16.3. The molecule has 2 aliphatic carbocycles. The molecule has 2 aromatic carbocycles. The van der Waals surface area contributed by atoms with Crippen molar-refractivity contribution in [2.24, 2.45) is 0 Å². The summed E-state index contributed by atoms with van der Waals surface area (Å²) >= 11 is 0. The fourth-order valence-corrected chi connectivity index (χ4v) is 6.14. The van der Waals surface area contributed by atoms with Gasteiger partial charge in [0, 0.05) is 12.1 Å². The highest BCUT2D eigenvalue weighted by molar-refractivity contribution is 5.94. The third-order valence-corrected chi connectivity index (χ3v) is 8.39. The lowest BCUT2D eigenvalue weighted by Gasteiger charge is -2.29. The molecular formula is C31H36N4O5. The molecule has 2 saturated carbocycles. The van der Waals surface area contributed by atoms with Crippen LogP contribution in [0.4, 0.5) is 0 Å². The minimum absolute atomic E-state index is 0.0436. The van der Waals surface area contributed by atoms with Gasteiger partial charge in [0.1, 0.15) is 6.54 Å². The first kappa shape index (κ1) is 27.4. The van der Waals surface area contributed by atoms with Crippen LogP contribution in [0.2, 0.25) is 0 Å². The quantitative estimate of drug-likeness (QED) is 0.361. The zero-order valence-corrected chi connectivity index (χ0v) is 22.5. The molecule has 210 valence electrons. The molecule has 9 nitrogen and oxygen atoms in total. The van der Waals surface area contributed by atoms with E-state index >= 15 is 0 Å². The molecule has 1 aromatic heterocycles. The maximum Gasteiger partial charge on any atom is 0.329 e. The average Bonchev–Trinajstić information content (AvgIpc) is 2.99. The second kappa shape index (κ2) is 12.4. The normalized spacial score (nSPS) is 22.8. The Morgan fingerprint density at radius 3 is 1.73 bits per heavy atom. The second-order valence-corrected chi connectivity index (χ2v) is 11.0. The van der Waals surface area contributed by atoms with Crippen molar-refractivity contribution in [3.8, 4) is 5.75 Å². The summed E-state index contributed by atoms with van der Waals surface area (Å²) in [4.78, 5) is 53.3. The van der Waals surface area contributed by atoms with Gasteiger partial charge in [-0.1, -0.05) is 60.7 Å². The van der Waals surface area contributed by atoms with Crippen molar-refractivity contribution in [1.82, 2.24) is 20.2 Å². The molecule has 0 unspecified atom stereocenters. The summed E-state index contributed by atoms with van der Waals surface area (Å²) < 4.78 is 0.627. The Morgan fingerprint density at radius 2 is 1.23 bits per heavy atom. The zero-order chi connectivity index (χ0) is 28.1. The number of nitrogens with zero attached hydrogens (tertiary/aromatic N) is 1. The molecule has 40 heavy (non-hydrogen) atoms. The van der Waals surface area contributed by atoms with Crippen LogP contribution in [0, 0.1) is 0 Å². The number of rotatable bonds is 7. The maximum absolute atomic E-state index is 12.8. The van der Waals surface area contributed by atoms with Crippen molar-refractivity contribution >= 4 is 11.8 Å². The topological polar surface area (TPSA) is 133 Å². The van der Waals surface area contributed by atoms with Crippen molar-refractivity contribution in [1.29, 1.82) is 0 Å². The van der Waals surface area contributed by atoms with E-state index in [4.69, 9.17) is 0 Å². The van der Waals surface area contributed by atoms with Crippen LogP contribution in [0.25, 0.3) is 0 Å². The van der Waals surface area contributed by atoms with E-state index in [1.807, 2.05) is 36.4 Å². The van der Waals surface area contributed by atoms with Gasteiger partial charge in [-0.2, -0.15) is 0 Å². The monoisotopic (exact) mass is 544 g/mol. The van der Waals surface area contributed by atoms with Crippen LogP contribution in [0.3, 0.4) is 0 Å². The summed E-state index contributed by atoms with van der Waals surface area (Å²) in [6.07, 6.45) is 6.79. The van der Waals surface area contributed by atoms with Gasteiger partial charge in [0.15, 0.2) is 5.69 Å². The predicted octanol–water partition coefficient (Wildman–Crippen LogP) is 3.54. The Hall–Kier alpha value is -4.14. The molecule has 5 rings (SSSR count). The molecule has 3 aromatic rings. The van der Waals surface area contributed by atoms with Gasteiger partial charge >= 0.3 is 5.69 Å². The van der Waals surface area contributed by atoms with Crippen LogP contribution < -0.4 is 21.9 Å². The summed E-state index contributed by atoms with van der Waals surface area (Å²) in [6.45, 7) is -0.536. The number of aromatic amines is 1. The summed E-state index contributed by atoms with van der Waals surface area (Å²) in [6, 6.07) is 20.4. The number of benzene rings is 2. The smallest absolute Gasteiger partial charge is 0.329 e. The van der Waals surface area contributed by atoms with E-state index in [1.54, 1.807) is 0 Å². The lowest BCUT2D eigenvalue weighted by Crippen LogP contribution is -2.45. The summed E-state index contributed by atoms with van der Waals surface area (Å²) in [5.41, 5.74) is 0.121. The van der Waals surface area contributed by atoms with Crippen LogP contribution in [-0.4, -0.2) is 38.6 Å². The number of H-pyrrole nitrogens is 1. The predicted molar refractivity (Wildman–Crippen MR) is 151 cm³/mol. The molecule has 0 aliphatic heterocycles. The standard InChI is InChI=1S/C31H36N4O5/c36-26(32-24-15-11-22(12-16-24)20-7-3-1-4-8-20)19-35-30(39)28(37)27(34-31(35)40)29(38)33-25-17-13-23(14-18-25)21-9-5-2-6-10-21/h1-10,22-25,37H,11-19H2,(H,32,36)(H,33,38)(H,34,40). The first-order valence-electron chi connectivity index (χ1n) is 14.1. The van der Waals surface area contributed by atoms with E-state index in [2.05, 4.69) is 39.9 Å². The molecule has 4 N–H and O–H groups in total. The Bertz CT molecular complexity index is 1430. The molecule has 0 spiro atoms. The maximum atomic E-state index is 12.8. The lowest BCUT2D eigenvalue weighted by atomic mass is 9.82. The van der Waals surface area contributed by atoms with Crippen molar-refractivity contribution in [2.45, 2.75) is 81.8 Å². The lowest BCUT2D eigenvalue weighted by molar-refractivity contribution is -0.122. The van der Waals surface area contributed by atoms with Gasteiger partial charge in [-0.3, -0.25) is 19.4 Å². The largest absolute Gasteiger partial charge is 0.501 e. The second-order valence-electron chi connectivity index (χ2n) is 11.0.